The van der Waals surface area contributed by atoms with Crippen molar-refractivity contribution in [1.82, 2.24) is 10.3 Å². The van der Waals surface area contributed by atoms with Crippen LogP contribution in [0.2, 0.25) is 0 Å². The molecule has 1 fully saturated rings. The van der Waals surface area contributed by atoms with Crippen LogP contribution in [-0.4, -0.2) is 28.0 Å². The molecule has 0 bridgehead atoms. The van der Waals surface area contributed by atoms with Crippen molar-refractivity contribution in [3.05, 3.63) is 15.6 Å². The number of nitrogens with one attached hydrogen (secondary N) is 1. The number of nitrogens with zero attached hydrogens (tertiary/aromatic N) is 1. The van der Waals surface area contributed by atoms with Gasteiger partial charge in [0, 0.05) is 6.04 Å². The summed E-state index contributed by atoms with van der Waals surface area (Å²) in [5, 5.41) is 13.3. The number of thiazole rings is 1. The third-order valence-electron chi connectivity index (χ3n) is 4.25. The van der Waals surface area contributed by atoms with E-state index in [0.29, 0.717) is 11.3 Å². The van der Waals surface area contributed by atoms with E-state index >= 15 is 0 Å². The number of aryl methyl sites for hydroxylation is 2. The van der Waals surface area contributed by atoms with Crippen molar-refractivity contribution in [2.24, 2.45) is 5.92 Å². The molecule has 0 radical (unpaired) electrons. The summed E-state index contributed by atoms with van der Waals surface area (Å²) in [5.41, 5.74) is 0.733. The first kappa shape index (κ1) is 16.9. The molecule has 1 aromatic rings. The highest BCUT2D eigenvalue weighted by atomic mass is 32.1. The number of hydrogen-bond acceptors (Lipinski definition) is 4. The Morgan fingerprint density at radius 1 is 1.27 bits per heavy atom. The van der Waals surface area contributed by atoms with Gasteiger partial charge in [-0.1, -0.05) is 32.6 Å². The van der Waals surface area contributed by atoms with E-state index in [1.54, 1.807) is 0 Å². The van der Waals surface area contributed by atoms with Gasteiger partial charge in [0.1, 0.15) is 4.88 Å². The smallest absolute Gasteiger partial charge is 0.308 e. The lowest BCUT2D eigenvalue weighted by Gasteiger charge is -2.27. The number of aliphatic carboxylic acids is 1. The van der Waals surface area contributed by atoms with Gasteiger partial charge in [0.05, 0.1) is 16.6 Å². The minimum Gasteiger partial charge on any atom is -0.481 e. The van der Waals surface area contributed by atoms with E-state index in [4.69, 9.17) is 0 Å². The highest BCUT2D eigenvalue weighted by molar-refractivity contribution is 7.13. The van der Waals surface area contributed by atoms with Crippen LogP contribution < -0.4 is 5.32 Å². The van der Waals surface area contributed by atoms with Crippen molar-refractivity contribution in [3.8, 4) is 0 Å². The molecule has 2 rings (SSSR count). The zero-order chi connectivity index (χ0) is 16.1. The van der Waals surface area contributed by atoms with E-state index in [1.165, 1.54) is 11.3 Å². The molecule has 1 amide bonds. The highest BCUT2D eigenvalue weighted by Crippen LogP contribution is 2.25. The summed E-state index contributed by atoms with van der Waals surface area (Å²) in [5.74, 6) is -1.46. The third-order valence-corrected chi connectivity index (χ3v) is 5.55. The topological polar surface area (TPSA) is 79.3 Å². The molecule has 5 nitrogen and oxygen atoms in total. The molecule has 0 aromatic carbocycles. The zero-order valence-corrected chi connectivity index (χ0v) is 14.0. The molecule has 2 atom stereocenters. The Kier molecular flexibility index (Phi) is 5.94. The Balaban J connectivity index is 2.12. The third kappa shape index (κ3) is 4.06. The minimum absolute atomic E-state index is 0.175. The summed E-state index contributed by atoms with van der Waals surface area (Å²) < 4.78 is 0. The molecular formula is C16H24N2O3S. The molecule has 0 aliphatic heterocycles. The number of carboxylic acids is 1. The molecule has 2 N–H and O–H groups in total. The second-order valence-electron chi connectivity index (χ2n) is 5.89. The van der Waals surface area contributed by atoms with Crippen molar-refractivity contribution in [2.75, 3.05) is 0 Å². The zero-order valence-electron chi connectivity index (χ0n) is 13.2. The fourth-order valence-corrected chi connectivity index (χ4v) is 3.91. The summed E-state index contributed by atoms with van der Waals surface area (Å²) in [6, 6.07) is -0.281. The SMILES string of the molecule is CCc1nc(C)c(C(=O)NC2CCCCCCC2C(=O)O)s1. The molecule has 22 heavy (non-hydrogen) atoms. The van der Waals surface area contributed by atoms with Crippen molar-refractivity contribution in [1.29, 1.82) is 0 Å². The van der Waals surface area contributed by atoms with Crippen LogP contribution in [0.5, 0.6) is 0 Å². The van der Waals surface area contributed by atoms with Crippen LogP contribution in [0.25, 0.3) is 0 Å². The van der Waals surface area contributed by atoms with Crippen LogP contribution >= 0.6 is 11.3 Å². The van der Waals surface area contributed by atoms with Crippen LogP contribution in [0.15, 0.2) is 0 Å². The van der Waals surface area contributed by atoms with Gasteiger partial charge in [0.2, 0.25) is 0 Å². The molecule has 2 unspecified atom stereocenters. The highest BCUT2D eigenvalue weighted by Gasteiger charge is 2.30. The first-order valence-corrected chi connectivity index (χ1v) is 8.84. The normalized spacial score (nSPS) is 22.6. The average molecular weight is 324 g/mol. The number of aromatic nitrogens is 1. The lowest BCUT2D eigenvalue weighted by atomic mass is 9.86. The molecule has 1 aliphatic rings. The summed E-state index contributed by atoms with van der Waals surface area (Å²) >= 11 is 1.40. The fourth-order valence-electron chi connectivity index (χ4n) is 3.00. The van der Waals surface area contributed by atoms with Gasteiger partial charge >= 0.3 is 5.97 Å². The maximum Gasteiger partial charge on any atom is 0.308 e. The quantitative estimate of drug-likeness (QED) is 0.891. The predicted molar refractivity (Wildman–Crippen MR) is 86.3 cm³/mol. The van der Waals surface area contributed by atoms with Crippen molar-refractivity contribution in [2.45, 2.75) is 64.8 Å². The summed E-state index contributed by atoms with van der Waals surface area (Å²) in [4.78, 5) is 29.0. The standard InChI is InChI=1S/C16H24N2O3S/c1-3-13-17-10(2)14(22-13)15(19)18-12-9-7-5-4-6-8-11(12)16(20)21/h11-12H,3-9H2,1-2H3,(H,18,19)(H,20,21). The van der Waals surface area contributed by atoms with Crippen LogP contribution in [0.4, 0.5) is 0 Å². The molecule has 1 aromatic heterocycles. The van der Waals surface area contributed by atoms with Gasteiger partial charge in [0.25, 0.3) is 5.91 Å². The summed E-state index contributed by atoms with van der Waals surface area (Å²) in [7, 11) is 0. The Bertz CT molecular complexity index is 541. The molecule has 0 saturated heterocycles. The predicted octanol–water partition coefficient (Wildman–Crippen LogP) is 3.17. The fraction of sp³-hybridized carbons (Fsp3) is 0.688. The second-order valence-corrected chi connectivity index (χ2v) is 6.98. The van der Waals surface area contributed by atoms with Gasteiger partial charge in [-0.3, -0.25) is 9.59 Å². The van der Waals surface area contributed by atoms with Crippen molar-refractivity contribution < 1.29 is 14.7 Å². The molecule has 122 valence electrons. The van der Waals surface area contributed by atoms with E-state index in [-0.39, 0.29) is 11.9 Å². The molecule has 1 saturated carbocycles. The molecule has 0 spiro atoms. The lowest BCUT2D eigenvalue weighted by molar-refractivity contribution is -0.143. The van der Waals surface area contributed by atoms with Crippen LogP contribution in [-0.2, 0) is 11.2 Å². The number of amides is 1. The Labute approximate surface area is 135 Å². The number of rotatable bonds is 4. The van der Waals surface area contributed by atoms with Gasteiger partial charge in [0.15, 0.2) is 0 Å². The van der Waals surface area contributed by atoms with Crippen LogP contribution in [0, 0.1) is 12.8 Å². The van der Waals surface area contributed by atoms with Crippen LogP contribution in [0.3, 0.4) is 0 Å². The van der Waals surface area contributed by atoms with Crippen molar-refractivity contribution >= 4 is 23.2 Å². The lowest BCUT2D eigenvalue weighted by Crippen LogP contribution is -2.43. The summed E-state index contributed by atoms with van der Waals surface area (Å²) in [6.07, 6.45) is 6.26. The number of carboxylic acid groups (broad SMARTS) is 1. The van der Waals surface area contributed by atoms with E-state index in [2.05, 4.69) is 10.3 Å². The Morgan fingerprint density at radius 3 is 2.55 bits per heavy atom. The van der Waals surface area contributed by atoms with Gasteiger partial charge in [-0.05, 0) is 26.2 Å². The summed E-state index contributed by atoms with van der Waals surface area (Å²) in [6.45, 7) is 3.84. The molecular weight excluding hydrogens is 300 g/mol. The molecule has 1 aliphatic carbocycles. The maximum atomic E-state index is 12.5. The van der Waals surface area contributed by atoms with Gasteiger partial charge in [-0.15, -0.1) is 11.3 Å². The van der Waals surface area contributed by atoms with Crippen molar-refractivity contribution in [3.63, 3.8) is 0 Å². The first-order valence-electron chi connectivity index (χ1n) is 8.03. The van der Waals surface area contributed by atoms with E-state index < -0.39 is 11.9 Å². The van der Waals surface area contributed by atoms with E-state index in [0.717, 1.165) is 49.2 Å². The molecule has 1 heterocycles. The monoisotopic (exact) mass is 324 g/mol. The largest absolute Gasteiger partial charge is 0.481 e. The number of carbonyl (C=O) groups is 2. The van der Waals surface area contributed by atoms with E-state index in [9.17, 15) is 14.7 Å². The minimum atomic E-state index is -0.803. The molecule has 6 heteroatoms. The Hall–Kier alpha value is -1.43. The van der Waals surface area contributed by atoms with Gasteiger partial charge in [-0.2, -0.15) is 0 Å². The second kappa shape index (κ2) is 7.72. The number of hydrogen-bond donors (Lipinski definition) is 2. The maximum absolute atomic E-state index is 12.5. The number of carbonyl (C=O) groups excluding carboxylic acids is 1. The van der Waals surface area contributed by atoms with E-state index in [1.807, 2.05) is 13.8 Å². The van der Waals surface area contributed by atoms with Gasteiger partial charge in [-0.25, -0.2) is 4.98 Å². The first-order chi connectivity index (χ1) is 10.5. The average Bonchev–Trinajstić information content (AvgIpc) is 2.82. The van der Waals surface area contributed by atoms with Gasteiger partial charge < -0.3 is 10.4 Å². The van der Waals surface area contributed by atoms with Crippen LogP contribution in [0.1, 0.15) is 65.8 Å². The Morgan fingerprint density at radius 2 is 1.95 bits per heavy atom.